The van der Waals surface area contributed by atoms with E-state index in [9.17, 15) is 9.59 Å². The van der Waals surface area contributed by atoms with Crippen molar-refractivity contribution in [3.63, 3.8) is 0 Å². The molecule has 1 aromatic rings. The molecule has 0 aliphatic rings. The number of carbonyl (C=O) groups is 2. The highest BCUT2D eigenvalue weighted by atomic mass is 16.5. The summed E-state index contributed by atoms with van der Waals surface area (Å²) in [6.45, 7) is 12.3. The van der Waals surface area contributed by atoms with Gasteiger partial charge in [0, 0.05) is 13.1 Å². The van der Waals surface area contributed by atoms with Crippen molar-refractivity contribution >= 4 is 11.9 Å². The van der Waals surface area contributed by atoms with Crippen LogP contribution in [-0.4, -0.2) is 50.1 Å². The molecule has 1 N–H and O–H groups in total. The lowest BCUT2D eigenvalue weighted by molar-refractivity contribution is -0.145. The fraction of sp³-hybridized carbons (Fsp3) is 0.600. The molecule has 1 atom stereocenters. The van der Waals surface area contributed by atoms with Crippen LogP contribution in [0.4, 0.5) is 0 Å². The molecule has 0 aliphatic carbocycles. The van der Waals surface area contributed by atoms with Gasteiger partial charge < -0.3 is 10.1 Å². The summed E-state index contributed by atoms with van der Waals surface area (Å²) in [5.41, 5.74) is 5.11. The predicted molar refractivity (Wildman–Crippen MR) is 101 cm³/mol. The normalized spacial score (nSPS) is 12.1. The third-order valence-corrected chi connectivity index (χ3v) is 4.49. The van der Waals surface area contributed by atoms with Crippen LogP contribution in [0.5, 0.6) is 0 Å². The van der Waals surface area contributed by atoms with Crippen molar-refractivity contribution in [2.45, 2.75) is 41.0 Å². The maximum Gasteiger partial charge on any atom is 0.309 e. The Hall–Kier alpha value is -1.88. The Kier molecular flexibility index (Phi) is 8.62. The van der Waals surface area contributed by atoms with Gasteiger partial charge in [-0.3, -0.25) is 14.5 Å². The standard InChI is InChI=1S/C20H32N2O3/c1-7-22(12-17(5)20(24)25-6)13-19(23)21-9-8-18-15(3)10-14(2)11-16(18)4/h10-11,17H,7-9,12-13H2,1-6H3,(H,21,23). The van der Waals surface area contributed by atoms with Crippen LogP contribution in [0.2, 0.25) is 0 Å². The molecule has 25 heavy (non-hydrogen) atoms. The molecule has 1 amide bonds. The zero-order valence-electron chi connectivity index (χ0n) is 16.4. The van der Waals surface area contributed by atoms with E-state index in [0.29, 0.717) is 26.2 Å². The number of nitrogens with one attached hydrogen (secondary N) is 1. The van der Waals surface area contributed by atoms with Crippen LogP contribution in [0.15, 0.2) is 12.1 Å². The second kappa shape index (κ2) is 10.2. The number of nitrogens with zero attached hydrogens (tertiary/aromatic N) is 1. The minimum absolute atomic E-state index is 0.0127. The molecule has 1 unspecified atom stereocenters. The lowest BCUT2D eigenvalue weighted by Crippen LogP contribution is -2.41. The quantitative estimate of drug-likeness (QED) is 0.696. The molecule has 0 spiro atoms. The van der Waals surface area contributed by atoms with Crippen molar-refractivity contribution in [1.29, 1.82) is 0 Å². The van der Waals surface area contributed by atoms with E-state index >= 15 is 0 Å². The molecule has 1 rings (SSSR count). The van der Waals surface area contributed by atoms with Gasteiger partial charge in [0.1, 0.15) is 0 Å². The van der Waals surface area contributed by atoms with Crippen molar-refractivity contribution in [2.24, 2.45) is 5.92 Å². The molecule has 0 aromatic heterocycles. The molecule has 0 bridgehead atoms. The average molecular weight is 348 g/mol. The van der Waals surface area contributed by atoms with Gasteiger partial charge in [-0.15, -0.1) is 0 Å². The molecule has 5 nitrogen and oxygen atoms in total. The minimum atomic E-state index is -0.246. The fourth-order valence-electron chi connectivity index (χ4n) is 3.16. The first-order chi connectivity index (χ1) is 11.8. The SMILES string of the molecule is CCN(CC(=O)NCCc1c(C)cc(C)cc1C)CC(C)C(=O)OC. The summed E-state index contributed by atoms with van der Waals surface area (Å²) >= 11 is 0. The lowest BCUT2D eigenvalue weighted by atomic mass is 9.97. The Morgan fingerprint density at radius 1 is 1.20 bits per heavy atom. The maximum absolute atomic E-state index is 12.2. The van der Waals surface area contributed by atoms with Crippen LogP contribution >= 0.6 is 0 Å². The number of hydrogen-bond donors (Lipinski definition) is 1. The molecule has 5 heteroatoms. The van der Waals surface area contributed by atoms with Crippen molar-refractivity contribution in [2.75, 3.05) is 33.3 Å². The number of amides is 1. The largest absolute Gasteiger partial charge is 0.469 e. The molecule has 0 saturated heterocycles. The van der Waals surface area contributed by atoms with Crippen molar-refractivity contribution in [1.82, 2.24) is 10.2 Å². The van der Waals surface area contributed by atoms with Crippen molar-refractivity contribution < 1.29 is 14.3 Å². The van der Waals surface area contributed by atoms with Gasteiger partial charge in [0.25, 0.3) is 0 Å². The van der Waals surface area contributed by atoms with Gasteiger partial charge >= 0.3 is 5.97 Å². The number of esters is 1. The number of likely N-dealkylation sites (N-methyl/N-ethyl adjacent to an activating group) is 1. The Morgan fingerprint density at radius 2 is 1.80 bits per heavy atom. The van der Waals surface area contributed by atoms with E-state index in [-0.39, 0.29) is 17.8 Å². The minimum Gasteiger partial charge on any atom is -0.469 e. The van der Waals surface area contributed by atoms with Crippen LogP contribution in [0, 0.1) is 26.7 Å². The van der Waals surface area contributed by atoms with Gasteiger partial charge in [0.2, 0.25) is 5.91 Å². The van der Waals surface area contributed by atoms with E-state index < -0.39 is 0 Å². The molecule has 0 fully saturated rings. The molecule has 140 valence electrons. The number of ether oxygens (including phenoxy) is 1. The van der Waals surface area contributed by atoms with E-state index in [2.05, 4.69) is 38.2 Å². The average Bonchev–Trinajstić information content (AvgIpc) is 2.55. The summed E-state index contributed by atoms with van der Waals surface area (Å²) in [7, 11) is 1.39. The fourth-order valence-corrected chi connectivity index (χ4v) is 3.16. The predicted octanol–water partition coefficient (Wildman–Crippen LogP) is 2.40. The topological polar surface area (TPSA) is 58.6 Å². The van der Waals surface area contributed by atoms with Gasteiger partial charge in [-0.25, -0.2) is 0 Å². The summed E-state index contributed by atoms with van der Waals surface area (Å²) in [5.74, 6) is -0.499. The molecule has 0 aliphatic heterocycles. The third kappa shape index (κ3) is 6.86. The van der Waals surface area contributed by atoms with E-state index in [1.807, 2.05) is 18.7 Å². The highest BCUT2D eigenvalue weighted by molar-refractivity contribution is 5.78. The van der Waals surface area contributed by atoms with Crippen LogP contribution < -0.4 is 5.32 Å². The van der Waals surface area contributed by atoms with Gasteiger partial charge in [0.05, 0.1) is 19.6 Å². The Labute approximate surface area is 151 Å². The summed E-state index contributed by atoms with van der Waals surface area (Å²) in [6.07, 6.45) is 0.828. The molecule has 0 saturated carbocycles. The Balaban J connectivity index is 2.47. The van der Waals surface area contributed by atoms with Gasteiger partial charge in [-0.05, 0) is 50.4 Å². The first-order valence-electron chi connectivity index (χ1n) is 8.92. The molecular formula is C20H32N2O3. The second-order valence-electron chi connectivity index (χ2n) is 6.73. The van der Waals surface area contributed by atoms with Gasteiger partial charge in [0.15, 0.2) is 0 Å². The second-order valence-corrected chi connectivity index (χ2v) is 6.73. The van der Waals surface area contributed by atoms with Crippen LogP contribution in [0.1, 0.15) is 36.1 Å². The van der Waals surface area contributed by atoms with Crippen LogP contribution in [0.3, 0.4) is 0 Å². The molecule has 0 radical (unpaired) electrons. The zero-order valence-corrected chi connectivity index (χ0v) is 16.4. The maximum atomic E-state index is 12.2. The number of hydrogen-bond acceptors (Lipinski definition) is 4. The van der Waals surface area contributed by atoms with E-state index in [4.69, 9.17) is 4.74 Å². The smallest absolute Gasteiger partial charge is 0.309 e. The molecule has 1 aromatic carbocycles. The van der Waals surface area contributed by atoms with E-state index in [1.54, 1.807) is 0 Å². The summed E-state index contributed by atoms with van der Waals surface area (Å²) in [5, 5.41) is 2.98. The first kappa shape index (κ1) is 21.2. The number of carbonyl (C=O) groups excluding carboxylic acids is 2. The van der Waals surface area contributed by atoms with Gasteiger partial charge in [-0.2, -0.15) is 0 Å². The van der Waals surface area contributed by atoms with Crippen LogP contribution in [-0.2, 0) is 20.7 Å². The highest BCUT2D eigenvalue weighted by Crippen LogP contribution is 2.16. The van der Waals surface area contributed by atoms with Crippen LogP contribution in [0.25, 0.3) is 0 Å². The Morgan fingerprint density at radius 3 is 2.32 bits per heavy atom. The summed E-state index contributed by atoms with van der Waals surface area (Å²) in [4.78, 5) is 25.7. The number of methoxy groups -OCH3 is 1. The highest BCUT2D eigenvalue weighted by Gasteiger charge is 2.18. The third-order valence-electron chi connectivity index (χ3n) is 4.49. The van der Waals surface area contributed by atoms with E-state index in [0.717, 1.165) is 6.42 Å². The molecule has 0 heterocycles. The zero-order chi connectivity index (χ0) is 19.0. The van der Waals surface area contributed by atoms with E-state index in [1.165, 1.54) is 29.4 Å². The number of benzene rings is 1. The van der Waals surface area contributed by atoms with Crippen molar-refractivity contribution in [3.8, 4) is 0 Å². The van der Waals surface area contributed by atoms with Crippen molar-refractivity contribution in [3.05, 3.63) is 34.4 Å². The summed E-state index contributed by atoms with van der Waals surface area (Å²) in [6, 6.07) is 4.36. The Bertz CT molecular complexity index is 576. The summed E-state index contributed by atoms with van der Waals surface area (Å²) < 4.78 is 4.74. The molecular weight excluding hydrogens is 316 g/mol. The van der Waals surface area contributed by atoms with Gasteiger partial charge in [-0.1, -0.05) is 31.5 Å². The lowest BCUT2D eigenvalue weighted by Gasteiger charge is -2.22. The monoisotopic (exact) mass is 348 g/mol. The number of rotatable bonds is 9. The number of aryl methyl sites for hydroxylation is 3. The first-order valence-corrected chi connectivity index (χ1v) is 8.92.